The molecule has 0 atom stereocenters. The first-order valence-electron chi connectivity index (χ1n) is 9.57. The van der Waals surface area contributed by atoms with Crippen molar-refractivity contribution in [3.05, 3.63) is 86.2 Å². The Morgan fingerprint density at radius 2 is 1.84 bits per heavy atom. The number of benzene rings is 2. The highest BCUT2D eigenvalue weighted by atomic mass is 35.5. The van der Waals surface area contributed by atoms with Gasteiger partial charge in [0.2, 0.25) is 0 Å². The van der Waals surface area contributed by atoms with Gasteiger partial charge in [0, 0.05) is 34.3 Å². The average Bonchev–Trinajstić information content (AvgIpc) is 2.74. The van der Waals surface area contributed by atoms with E-state index < -0.39 is 11.4 Å². The zero-order valence-electron chi connectivity index (χ0n) is 17.1. The summed E-state index contributed by atoms with van der Waals surface area (Å²) in [6.07, 6.45) is 3.41. The van der Waals surface area contributed by atoms with E-state index in [1.807, 2.05) is 37.3 Å². The lowest BCUT2D eigenvalue weighted by atomic mass is 9.97. The highest BCUT2D eigenvalue weighted by Crippen LogP contribution is 2.36. The van der Waals surface area contributed by atoms with Gasteiger partial charge in [0.1, 0.15) is 11.5 Å². The summed E-state index contributed by atoms with van der Waals surface area (Å²) in [7, 11) is 1.45. The minimum atomic E-state index is -0.666. The number of rotatable bonds is 3. The van der Waals surface area contributed by atoms with E-state index in [9.17, 15) is 14.3 Å². The maximum absolute atomic E-state index is 14.9. The number of hydrogen-bond acceptors (Lipinski definition) is 4. The number of halogens is 2. The predicted molar refractivity (Wildman–Crippen MR) is 122 cm³/mol. The number of aromatic nitrogens is 3. The van der Waals surface area contributed by atoms with Gasteiger partial charge in [0.05, 0.1) is 11.1 Å². The molecule has 5 nitrogen and oxygen atoms in total. The summed E-state index contributed by atoms with van der Waals surface area (Å²) in [5, 5.41) is 15.7. The third kappa shape index (κ3) is 3.82. The van der Waals surface area contributed by atoms with Crippen molar-refractivity contribution in [2.24, 2.45) is 7.05 Å². The molecule has 0 aliphatic rings. The van der Waals surface area contributed by atoms with Crippen LogP contribution in [0.4, 0.5) is 4.39 Å². The van der Waals surface area contributed by atoms with Crippen LogP contribution in [-0.2, 0) is 7.05 Å². The topological polar surface area (TPSA) is 68.0 Å². The lowest BCUT2D eigenvalue weighted by Gasteiger charge is -2.13. The predicted octanol–water partition coefficient (Wildman–Crippen LogP) is 5.28. The van der Waals surface area contributed by atoms with Crippen molar-refractivity contribution < 1.29 is 9.50 Å². The first-order valence-corrected chi connectivity index (χ1v) is 9.95. The molecule has 4 aromatic rings. The van der Waals surface area contributed by atoms with Gasteiger partial charge in [-0.25, -0.2) is 9.07 Å². The molecule has 0 radical (unpaired) electrons. The van der Waals surface area contributed by atoms with Crippen molar-refractivity contribution in [1.82, 2.24) is 14.8 Å². The first kappa shape index (κ1) is 20.8. The molecule has 1 N–H and O–H groups in total. The number of aryl methyl sites for hydroxylation is 3. The highest BCUT2D eigenvalue weighted by molar-refractivity contribution is 6.32. The van der Waals surface area contributed by atoms with Crippen molar-refractivity contribution in [1.29, 1.82) is 0 Å². The number of pyridine rings is 1. The molecule has 0 unspecified atom stereocenters. The Kier molecular flexibility index (Phi) is 5.33. The van der Waals surface area contributed by atoms with Gasteiger partial charge < -0.3 is 5.11 Å². The van der Waals surface area contributed by atoms with Crippen LogP contribution in [0.2, 0.25) is 5.02 Å². The summed E-state index contributed by atoms with van der Waals surface area (Å²) in [6.45, 7) is 3.47. The van der Waals surface area contributed by atoms with E-state index in [1.165, 1.54) is 19.2 Å². The number of fused-ring (bicyclic) bond motifs is 1. The van der Waals surface area contributed by atoms with E-state index in [1.54, 1.807) is 19.1 Å². The third-order valence-corrected chi connectivity index (χ3v) is 5.40. The van der Waals surface area contributed by atoms with E-state index in [0.717, 1.165) is 26.8 Å². The third-order valence-electron chi connectivity index (χ3n) is 5.07. The zero-order valence-corrected chi connectivity index (χ0v) is 17.9. The quantitative estimate of drug-likeness (QED) is 0.444. The van der Waals surface area contributed by atoms with Gasteiger partial charge in [0.25, 0.3) is 5.56 Å². The van der Waals surface area contributed by atoms with Crippen LogP contribution in [0.3, 0.4) is 0 Å². The van der Waals surface area contributed by atoms with E-state index in [0.29, 0.717) is 5.56 Å². The van der Waals surface area contributed by atoms with E-state index in [2.05, 4.69) is 10.1 Å². The molecule has 0 saturated carbocycles. The molecule has 2 heterocycles. The smallest absolute Gasteiger partial charge is 0.278 e. The van der Waals surface area contributed by atoms with Crippen LogP contribution in [0.5, 0.6) is 5.75 Å². The van der Waals surface area contributed by atoms with E-state index in [4.69, 9.17) is 11.6 Å². The van der Waals surface area contributed by atoms with E-state index in [-0.39, 0.29) is 27.6 Å². The second-order valence-electron chi connectivity index (χ2n) is 7.29. The summed E-state index contributed by atoms with van der Waals surface area (Å²) in [6, 6.07) is 12.3. The SMILES string of the molecule is Cc1ccc2cc(/C=C/c3c(Cl)ccc(F)c3-c3c(O)c(C)nn(C)c3=O)ccc2n1. The van der Waals surface area contributed by atoms with Crippen LogP contribution in [-0.4, -0.2) is 19.9 Å². The Morgan fingerprint density at radius 1 is 1.06 bits per heavy atom. The van der Waals surface area contributed by atoms with Gasteiger partial charge in [-0.15, -0.1) is 0 Å². The Morgan fingerprint density at radius 3 is 2.61 bits per heavy atom. The molecule has 0 amide bonds. The van der Waals surface area contributed by atoms with Gasteiger partial charge in [-0.1, -0.05) is 35.9 Å². The van der Waals surface area contributed by atoms with Gasteiger partial charge >= 0.3 is 0 Å². The minimum Gasteiger partial charge on any atom is -0.505 e. The fourth-order valence-electron chi connectivity index (χ4n) is 3.50. The molecule has 2 aromatic heterocycles. The molecule has 4 rings (SSSR count). The van der Waals surface area contributed by atoms with Gasteiger partial charge in [-0.3, -0.25) is 9.78 Å². The Bertz CT molecular complexity index is 1430. The van der Waals surface area contributed by atoms with Gasteiger partial charge in [0.15, 0.2) is 5.75 Å². The van der Waals surface area contributed by atoms with Crippen LogP contribution < -0.4 is 5.56 Å². The number of nitrogens with zero attached hydrogens (tertiary/aromatic N) is 3. The van der Waals surface area contributed by atoms with Crippen LogP contribution >= 0.6 is 11.6 Å². The van der Waals surface area contributed by atoms with Crippen LogP contribution in [0.15, 0.2) is 47.3 Å². The Balaban J connectivity index is 1.89. The molecule has 156 valence electrons. The normalized spacial score (nSPS) is 11.5. The van der Waals surface area contributed by atoms with Crippen molar-refractivity contribution in [3.63, 3.8) is 0 Å². The molecule has 0 aliphatic carbocycles. The van der Waals surface area contributed by atoms with Crippen molar-refractivity contribution >= 4 is 34.7 Å². The molecule has 0 fully saturated rings. The first-order chi connectivity index (χ1) is 14.8. The maximum atomic E-state index is 14.9. The van der Waals surface area contributed by atoms with Crippen molar-refractivity contribution in [3.8, 4) is 16.9 Å². The standard InChI is InChI=1S/C24H19ClFN3O2/c1-13-4-7-16-12-15(6-11-20(16)27-13)5-8-17-18(25)9-10-19(26)21(17)22-23(30)14(2)28-29(3)24(22)31/h4-12,30H,1-3H3/b8-5+. The molecule has 2 aromatic carbocycles. The van der Waals surface area contributed by atoms with Crippen LogP contribution in [0.25, 0.3) is 34.2 Å². The minimum absolute atomic E-state index is 0.0644. The second-order valence-corrected chi connectivity index (χ2v) is 7.70. The largest absolute Gasteiger partial charge is 0.505 e. The molecule has 0 bridgehead atoms. The summed E-state index contributed by atoms with van der Waals surface area (Å²) < 4.78 is 16.0. The summed E-state index contributed by atoms with van der Waals surface area (Å²) in [4.78, 5) is 17.2. The molecule has 7 heteroatoms. The molecule has 31 heavy (non-hydrogen) atoms. The van der Waals surface area contributed by atoms with Crippen LogP contribution in [0, 0.1) is 19.7 Å². The zero-order chi connectivity index (χ0) is 22.3. The summed E-state index contributed by atoms with van der Waals surface area (Å²) in [5.74, 6) is -1.04. The Hall–Kier alpha value is -3.51. The van der Waals surface area contributed by atoms with E-state index >= 15 is 0 Å². The number of hydrogen-bond donors (Lipinski definition) is 1. The molecule has 0 aliphatic heterocycles. The fraction of sp³-hybridized carbons (Fsp3) is 0.125. The highest BCUT2D eigenvalue weighted by Gasteiger charge is 2.22. The number of aromatic hydroxyl groups is 1. The van der Waals surface area contributed by atoms with Gasteiger partial charge in [-0.2, -0.15) is 5.10 Å². The lowest BCUT2D eigenvalue weighted by Crippen LogP contribution is -2.23. The van der Waals surface area contributed by atoms with Crippen molar-refractivity contribution in [2.75, 3.05) is 0 Å². The monoisotopic (exact) mass is 435 g/mol. The molecule has 0 saturated heterocycles. The molecular weight excluding hydrogens is 417 g/mol. The molecular formula is C24H19ClFN3O2. The summed E-state index contributed by atoms with van der Waals surface area (Å²) in [5.41, 5.74) is 2.31. The van der Waals surface area contributed by atoms with Gasteiger partial charge in [-0.05, 0) is 49.7 Å². The molecule has 0 spiro atoms. The Labute approximate surface area is 183 Å². The fourth-order valence-corrected chi connectivity index (χ4v) is 3.72. The second kappa shape index (κ2) is 7.96. The maximum Gasteiger partial charge on any atom is 0.278 e. The van der Waals surface area contributed by atoms with Crippen LogP contribution in [0.1, 0.15) is 22.5 Å². The average molecular weight is 436 g/mol. The lowest BCUT2D eigenvalue weighted by molar-refractivity contribution is 0.460. The van der Waals surface area contributed by atoms with Crippen molar-refractivity contribution in [2.45, 2.75) is 13.8 Å². The summed E-state index contributed by atoms with van der Waals surface area (Å²) >= 11 is 6.38.